The summed E-state index contributed by atoms with van der Waals surface area (Å²) in [5.74, 6) is -2.28. The molecule has 0 saturated carbocycles. The molecule has 8 heteroatoms. The normalized spacial score (nSPS) is 14.9. The second-order valence-electron chi connectivity index (χ2n) is 4.38. The predicted octanol–water partition coefficient (Wildman–Crippen LogP) is 2.59. The van der Waals surface area contributed by atoms with E-state index in [1.807, 2.05) is 0 Å². The topological polar surface area (TPSA) is 70.9 Å². The number of carboxylic acid groups (broad SMARTS) is 1. The molecule has 0 spiro atoms. The number of allylic oxidation sites excluding steroid dienone is 1. The molecule has 1 aliphatic rings. The number of rotatable bonds is 4. The smallest absolute Gasteiger partial charge is 0.394 e. The quantitative estimate of drug-likeness (QED) is 0.896. The Kier molecular flexibility index (Phi) is 3.88. The van der Waals surface area contributed by atoms with Gasteiger partial charge in [-0.3, -0.25) is 5.43 Å². The van der Waals surface area contributed by atoms with Crippen LogP contribution in [0.3, 0.4) is 0 Å². The lowest BCUT2D eigenvalue weighted by Crippen LogP contribution is -2.22. The molecule has 0 fully saturated rings. The Labute approximate surface area is 117 Å². The van der Waals surface area contributed by atoms with Crippen molar-refractivity contribution in [2.75, 3.05) is 0 Å². The minimum Gasteiger partial charge on any atom is -0.477 e. The van der Waals surface area contributed by atoms with E-state index in [-0.39, 0.29) is 23.4 Å². The fourth-order valence-corrected chi connectivity index (χ4v) is 1.72. The molecule has 21 heavy (non-hydrogen) atoms. The lowest BCUT2D eigenvalue weighted by molar-refractivity contribution is -0.159. The van der Waals surface area contributed by atoms with E-state index in [9.17, 15) is 18.0 Å². The lowest BCUT2D eigenvalue weighted by atomic mass is 10.1. The lowest BCUT2D eigenvalue weighted by Gasteiger charge is -2.16. The monoisotopic (exact) mass is 300 g/mol. The predicted molar refractivity (Wildman–Crippen MR) is 68.4 cm³/mol. The molecule has 0 aromatic heterocycles. The van der Waals surface area contributed by atoms with Gasteiger partial charge in [-0.1, -0.05) is 6.08 Å². The molecule has 0 atom stereocenters. The van der Waals surface area contributed by atoms with E-state index in [0.717, 1.165) is 12.1 Å². The van der Waals surface area contributed by atoms with Gasteiger partial charge in [0.05, 0.1) is 5.70 Å². The van der Waals surface area contributed by atoms with Gasteiger partial charge in [-0.2, -0.15) is 13.9 Å². The summed E-state index contributed by atoms with van der Waals surface area (Å²) in [4.78, 5) is 10.7. The van der Waals surface area contributed by atoms with Crippen molar-refractivity contribution >= 4 is 17.4 Å². The Morgan fingerprint density at radius 2 is 2.14 bits per heavy atom. The maximum Gasteiger partial charge on any atom is 0.394 e. The van der Waals surface area contributed by atoms with E-state index in [4.69, 9.17) is 5.11 Å². The zero-order valence-corrected chi connectivity index (χ0v) is 10.9. The molecule has 1 aromatic carbocycles. The average Bonchev–Trinajstić information content (AvgIpc) is 2.36. The van der Waals surface area contributed by atoms with E-state index >= 15 is 0 Å². The Morgan fingerprint density at radius 1 is 1.43 bits per heavy atom. The summed E-state index contributed by atoms with van der Waals surface area (Å²) in [6.07, 6.45) is -1.93. The number of nitrogens with one attached hydrogen (secondary N) is 1. The Morgan fingerprint density at radius 3 is 2.67 bits per heavy atom. The number of carboxylic acids is 1. The van der Waals surface area contributed by atoms with Gasteiger partial charge in [0.25, 0.3) is 0 Å². The number of ether oxygens (including phenoxy) is 1. The van der Waals surface area contributed by atoms with Crippen molar-refractivity contribution in [2.45, 2.75) is 19.5 Å². The van der Waals surface area contributed by atoms with Crippen LogP contribution >= 0.6 is 0 Å². The molecule has 0 unspecified atom stereocenters. The highest BCUT2D eigenvalue weighted by Gasteiger charge is 2.24. The first kappa shape index (κ1) is 14.9. The second-order valence-corrected chi connectivity index (χ2v) is 4.38. The Balaban J connectivity index is 2.24. The van der Waals surface area contributed by atoms with Crippen LogP contribution in [0.5, 0.6) is 5.75 Å². The molecule has 0 amide bonds. The summed E-state index contributed by atoms with van der Waals surface area (Å²) in [6, 6.07) is 3.14. The fourth-order valence-electron chi connectivity index (χ4n) is 1.72. The van der Waals surface area contributed by atoms with Gasteiger partial charge in [0.2, 0.25) is 0 Å². The molecule has 0 saturated heterocycles. The number of nitrogens with zero attached hydrogens (tertiary/aromatic N) is 1. The maximum atomic E-state index is 13.5. The first-order valence-electron chi connectivity index (χ1n) is 5.88. The number of hydrazone groups is 1. The third kappa shape index (κ3) is 3.98. The molecular weight excluding hydrogens is 289 g/mol. The summed E-state index contributed by atoms with van der Waals surface area (Å²) in [6.45, 7) is 0.541. The van der Waals surface area contributed by atoms with Gasteiger partial charge >= 0.3 is 12.1 Å². The molecule has 5 nitrogen and oxygen atoms in total. The SMILES string of the molecule is CC(F)(F)Oc1cc(F)cc(C2=CCC(C(=O)O)=NN2)c1. The molecule has 1 aromatic rings. The summed E-state index contributed by atoms with van der Waals surface area (Å²) in [5.41, 5.74) is 2.87. The van der Waals surface area contributed by atoms with Gasteiger partial charge in [0.15, 0.2) is 0 Å². The highest BCUT2D eigenvalue weighted by Crippen LogP contribution is 2.26. The molecule has 0 radical (unpaired) electrons. The van der Waals surface area contributed by atoms with Gasteiger partial charge in [-0.25, -0.2) is 9.18 Å². The number of alkyl halides is 2. The van der Waals surface area contributed by atoms with Gasteiger partial charge in [0.1, 0.15) is 17.3 Å². The van der Waals surface area contributed by atoms with Crippen LogP contribution in [0.15, 0.2) is 29.4 Å². The summed E-state index contributed by atoms with van der Waals surface area (Å²) < 4.78 is 43.4. The Hall–Kier alpha value is -2.51. The summed E-state index contributed by atoms with van der Waals surface area (Å²) in [5, 5.41) is 12.4. The van der Waals surface area contributed by atoms with Gasteiger partial charge in [0, 0.05) is 25.0 Å². The third-order valence-electron chi connectivity index (χ3n) is 2.54. The van der Waals surface area contributed by atoms with Crippen molar-refractivity contribution in [3.8, 4) is 5.75 Å². The van der Waals surface area contributed by atoms with Crippen LogP contribution in [0.25, 0.3) is 5.70 Å². The van der Waals surface area contributed by atoms with Gasteiger partial charge in [-0.05, 0) is 12.1 Å². The van der Waals surface area contributed by atoms with E-state index in [2.05, 4.69) is 15.3 Å². The number of benzene rings is 1. The van der Waals surface area contributed by atoms with E-state index < -0.39 is 17.9 Å². The second kappa shape index (κ2) is 5.47. The largest absolute Gasteiger partial charge is 0.477 e. The van der Waals surface area contributed by atoms with Crippen molar-refractivity contribution in [2.24, 2.45) is 5.10 Å². The average molecular weight is 300 g/mol. The van der Waals surface area contributed by atoms with Crippen LogP contribution in [0.1, 0.15) is 18.9 Å². The number of hydrogen-bond acceptors (Lipinski definition) is 4. The van der Waals surface area contributed by atoms with Crippen molar-refractivity contribution in [1.82, 2.24) is 5.43 Å². The van der Waals surface area contributed by atoms with Crippen LogP contribution in [0, 0.1) is 5.82 Å². The van der Waals surface area contributed by atoms with Gasteiger partial charge < -0.3 is 9.84 Å². The van der Waals surface area contributed by atoms with Crippen LogP contribution in [-0.2, 0) is 4.79 Å². The van der Waals surface area contributed by atoms with E-state index in [1.54, 1.807) is 0 Å². The van der Waals surface area contributed by atoms with Crippen molar-refractivity contribution < 1.29 is 27.8 Å². The van der Waals surface area contributed by atoms with Crippen molar-refractivity contribution in [1.29, 1.82) is 0 Å². The van der Waals surface area contributed by atoms with E-state index in [0.29, 0.717) is 12.6 Å². The first-order valence-corrected chi connectivity index (χ1v) is 5.88. The molecule has 2 N–H and O–H groups in total. The van der Waals surface area contributed by atoms with Gasteiger partial charge in [-0.15, -0.1) is 0 Å². The van der Waals surface area contributed by atoms with E-state index in [1.165, 1.54) is 12.1 Å². The zero-order chi connectivity index (χ0) is 15.6. The number of hydrogen-bond donors (Lipinski definition) is 2. The van der Waals surface area contributed by atoms with Crippen LogP contribution in [-0.4, -0.2) is 22.9 Å². The zero-order valence-electron chi connectivity index (χ0n) is 10.9. The maximum absolute atomic E-state index is 13.5. The first-order chi connectivity index (χ1) is 9.74. The molecule has 0 aliphatic carbocycles. The highest BCUT2D eigenvalue weighted by atomic mass is 19.3. The summed E-state index contributed by atoms with van der Waals surface area (Å²) >= 11 is 0. The fraction of sp³-hybridized carbons (Fsp3) is 0.231. The number of aliphatic carboxylic acids is 1. The van der Waals surface area contributed by atoms with Crippen LogP contribution < -0.4 is 10.2 Å². The molecule has 2 rings (SSSR count). The van der Waals surface area contributed by atoms with Crippen molar-refractivity contribution in [3.63, 3.8) is 0 Å². The molecule has 1 aliphatic heterocycles. The molecule has 0 bridgehead atoms. The molecule has 112 valence electrons. The summed E-state index contributed by atoms with van der Waals surface area (Å²) in [7, 11) is 0. The number of halogens is 3. The minimum atomic E-state index is -3.44. The van der Waals surface area contributed by atoms with Crippen LogP contribution in [0.4, 0.5) is 13.2 Å². The number of carbonyl (C=O) groups is 1. The van der Waals surface area contributed by atoms with Crippen molar-refractivity contribution in [3.05, 3.63) is 35.7 Å². The standard InChI is InChI=1S/C13H11F3N2O3/c1-13(15,16)21-9-5-7(4-8(14)6-9)10-2-3-11(12(19)20)18-17-10/h2,4-6,17H,3H2,1H3,(H,19,20). The minimum absolute atomic E-state index is 0.0360. The Bertz CT molecular complexity index is 636. The highest BCUT2D eigenvalue weighted by molar-refractivity contribution is 6.36. The molecular formula is C13H11F3N2O3. The third-order valence-corrected chi connectivity index (χ3v) is 2.54. The molecule has 1 heterocycles. The van der Waals surface area contributed by atoms with Crippen LogP contribution in [0.2, 0.25) is 0 Å².